The highest BCUT2D eigenvalue weighted by Gasteiger charge is 2.26. The van der Waals surface area contributed by atoms with E-state index in [1.54, 1.807) is 30.3 Å². The standard InChI is InChI=1S/C33H33Cl2N3O6/c1-44-33(43)29(38-32(42)30-27(34)16-23(17-28(30)35)21-7-3-2-4-8-21)13-12-26(40)19-37-31(41)22-9-5-6-20(14-22)15-24-10-11-25(39)18-36-24/h2-9,14,16-17,25,29,39H,10-13,15,18-19H2,1H3,(H,37,41)(H,38,42)/t25?,29-/m0/s1. The summed E-state index contributed by atoms with van der Waals surface area (Å²) in [5, 5.41) is 15.0. The van der Waals surface area contributed by atoms with Gasteiger partial charge >= 0.3 is 5.97 Å². The molecule has 9 nitrogen and oxygen atoms in total. The van der Waals surface area contributed by atoms with E-state index in [1.807, 2.05) is 36.4 Å². The molecule has 0 saturated heterocycles. The summed E-state index contributed by atoms with van der Waals surface area (Å²) < 4.78 is 4.82. The topological polar surface area (TPSA) is 134 Å². The molecule has 2 amide bonds. The second-order valence-electron chi connectivity index (χ2n) is 10.5. The minimum Gasteiger partial charge on any atom is -0.467 e. The van der Waals surface area contributed by atoms with E-state index in [2.05, 4.69) is 15.6 Å². The zero-order chi connectivity index (χ0) is 31.6. The molecule has 1 heterocycles. The maximum absolute atomic E-state index is 13.1. The Kier molecular flexibility index (Phi) is 11.7. The molecular weight excluding hydrogens is 605 g/mol. The van der Waals surface area contributed by atoms with Crippen molar-refractivity contribution in [3.05, 3.63) is 93.5 Å². The first kappa shape index (κ1) is 32.9. The number of Topliss-reactive ketones (excluding diaryl/α,β-unsaturated/α-hetero) is 1. The summed E-state index contributed by atoms with van der Waals surface area (Å²) in [6.07, 6.45) is 1.39. The highest BCUT2D eigenvalue weighted by Crippen LogP contribution is 2.32. The van der Waals surface area contributed by atoms with E-state index in [1.165, 1.54) is 7.11 Å². The van der Waals surface area contributed by atoms with Crippen molar-refractivity contribution in [2.45, 2.75) is 44.2 Å². The largest absolute Gasteiger partial charge is 0.467 e. The van der Waals surface area contributed by atoms with Crippen molar-refractivity contribution < 1.29 is 29.0 Å². The molecular formula is C33H33Cl2N3O6. The third-order valence-corrected chi connectivity index (χ3v) is 7.81. The number of carbonyl (C=O) groups excluding carboxylic acids is 4. The summed E-state index contributed by atoms with van der Waals surface area (Å²) in [5.41, 5.74) is 3.87. The molecule has 44 heavy (non-hydrogen) atoms. The van der Waals surface area contributed by atoms with Gasteiger partial charge in [-0.05, 0) is 60.2 Å². The molecule has 0 aromatic heterocycles. The average molecular weight is 639 g/mol. The fourth-order valence-corrected chi connectivity index (χ4v) is 5.48. The van der Waals surface area contributed by atoms with Gasteiger partial charge in [-0.1, -0.05) is 65.7 Å². The molecule has 1 aliphatic rings. The van der Waals surface area contributed by atoms with Gasteiger partial charge in [-0.2, -0.15) is 0 Å². The highest BCUT2D eigenvalue weighted by atomic mass is 35.5. The van der Waals surface area contributed by atoms with Gasteiger partial charge in [0.2, 0.25) is 0 Å². The Balaban J connectivity index is 1.32. The predicted molar refractivity (Wildman–Crippen MR) is 169 cm³/mol. The SMILES string of the molecule is COC(=O)[C@H](CCC(=O)CNC(=O)c1cccc(CC2=NCC(O)CC2)c1)NC(=O)c1c(Cl)cc(-c2ccccc2)cc1Cl. The van der Waals surface area contributed by atoms with Crippen LogP contribution in [0.1, 0.15) is 52.0 Å². The van der Waals surface area contributed by atoms with Crippen LogP contribution in [0.15, 0.2) is 71.7 Å². The third kappa shape index (κ3) is 8.98. The lowest BCUT2D eigenvalue weighted by Gasteiger charge is -2.18. The van der Waals surface area contributed by atoms with Gasteiger partial charge in [-0.3, -0.25) is 19.4 Å². The number of hydrogen-bond acceptors (Lipinski definition) is 7. The van der Waals surface area contributed by atoms with Gasteiger partial charge in [0.05, 0.1) is 41.9 Å². The van der Waals surface area contributed by atoms with Crippen LogP contribution in [0.2, 0.25) is 10.0 Å². The quantitative estimate of drug-likeness (QED) is 0.243. The number of aliphatic hydroxyl groups excluding tert-OH is 1. The third-order valence-electron chi connectivity index (χ3n) is 7.21. The van der Waals surface area contributed by atoms with Gasteiger partial charge in [-0.15, -0.1) is 0 Å². The van der Waals surface area contributed by atoms with Crippen molar-refractivity contribution in [3.63, 3.8) is 0 Å². The van der Waals surface area contributed by atoms with Crippen LogP contribution in [-0.4, -0.2) is 66.7 Å². The smallest absolute Gasteiger partial charge is 0.328 e. The summed E-state index contributed by atoms with van der Waals surface area (Å²) in [4.78, 5) is 55.3. The van der Waals surface area contributed by atoms with Crippen LogP contribution >= 0.6 is 23.2 Å². The van der Waals surface area contributed by atoms with Crippen molar-refractivity contribution in [1.29, 1.82) is 0 Å². The zero-order valence-electron chi connectivity index (χ0n) is 24.1. The number of benzene rings is 3. The predicted octanol–water partition coefficient (Wildman–Crippen LogP) is 4.85. The molecule has 0 spiro atoms. The second kappa shape index (κ2) is 15.6. The number of esters is 1. The lowest BCUT2D eigenvalue weighted by atomic mass is 9.99. The fourth-order valence-electron chi connectivity index (χ4n) is 4.82. The van der Waals surface area contributed by atoms with E-state index in [0.29, 0.717) is 31.4 Å². The number of rotatable bonds is 12. The van der Waals surface area contributed by atoms with Crippen molar-refractivity contribution in [3.8, 4) is 11.1 Å². The summed E-state index contributed by atoms with van der Waals surface area (Å²) >= 11 is 12.8. The molecule has 0 aliphatic carbocycles. The average Bonchev–Trinajstić information content (AvgIpc) is 3.02. The number of aliphatic hydroxyl groups is 1. The number of ketones is 1. The van der Waals surface area contributed by atoms with Crippen LogP contribution in [0.25, 0.3) is 11.1 Å². The Labute approximate surface area is 265 Å². The van der Waals surface area contributed by atoms with E-state index >= 15 is 0 Å². The number of nitrogens with one attached hydrogen (secondary N) is 2. The van der Waals surface area contributed by atoms with E-state index in [4.69, 9.17) is 27.9 Å². The fraction of sp³-hybridized carbons (Fsp3) is 0.303. The van der Waals surface area contributed by atoms with Gasteiger partial charge in [0.1, 0.15) is 6.04 Å². The van der Waals surface area contributed by atoms with Gasteiger partial charge in [0.25, 0.3) is 11.8 Å². The van der Waals surface area contributed by atoms with Gasteiger partial charge in [0.15, 0.2) is 5.78 Å². The Bertz CT molecular complexity index is 1540. The van der Waals surface area contributed by atoms with Crippen molar-refractivity contribution in [2.75, 3.05) is 20.2 Å². The van der Waals surface area contributed by atoms with Crippen molar-refractivity contribution in [1.82, 2.24) is 10.6 Å². The lowest BCUT2D eigenvalue weighted by Crippen LogP contribution is -2.42. The molecule has 0 saturated carbocycles. The zero-order valence-corrected chi connectivity index (χ0v) is 25.7. The number of nitrogens with zero attached hydrogens (tertiary/aromatic N) is 1. The molecule has 0 fully saturated rings. The molecule has 1 aliphatic heterocycles. The molecule has 1 unspecified atom stereocenters. The number of hydrogen-bond donors (Lipinski definition) is 3. The number of amides is 2. The number of methoxy groups -OCH3 is 1. The van der Waals surface area contributed by atoms with Gasteiger partial charge in [-0.25, -0.2) is 4.79 Å². The molecule has 0 radical (unpaired) electrons. The highest BCUT2D eigenvalue weighted by molar-refractivity contribution is 6.40. The maximum atomic E-state index is 13.1. The maximum Gasteiger partial charge on any atom is 0.328 e. The summed E-state index contributed by atoms with van der Waals surface area (Å²) in [6.45, 7) is 0.135. The molecule has 2 atom stereocenters. The Morgan fingerprint density at radius 1 is 0.977 bits per heavy atom. The number of carbonyl (C=O) groups is 4. The lowest BCUT2D eigenvalue weighted by molar-refractivity contribution is -0.143. The van der Waals surface area contributed by atoms with Crippen LogP contribution in [0.5, 0.6) is 0 Å². The minimum atomic E-state index is -1.14. The second-order valence-corrected chi connectivity index (χ2v) is 11.3. The van der Waals surface area contributed by atoms with Crippen LogP contribution in [0.3, 0.4) is 0 Å². The van der Waals surface area contributed by atoms with E-state index in [9.17, 15) is 24.3 Å². The molecule has 4 rings (SSSR count). The monoisotopic (exact) mass is 637 g/mol. The summed E-state index contributed by atoms with van der Waals surface area (Å²) in [7, 11) is 1.18. The first-order valence-electron chi connectivity index (χ1n) is 14.2. The van der Waals surface area contributed by atoms with E-state index in [0.717, 1.165) is 22.4 Å². The first-order chi connectivity index (χ1) is 21.1. The van der Waals surface area contributed by atoms with Crippen molar-refractivity contribution in [2.24, 2.45) is 4.99 Å². The van der Waals surface area contributed by atoms with Crippen LogP contribution in [-0.2, 0) is 20.7 Å². The summed E-state index contributed by atoms with van der Waals surface area (Å²) in [5.74, 6) is -2.18. The van der Waals surface area contributed by atoms with E-state index < -0.39 is 29.9 Å². The van der Waals surface area contributed by atoms with Crippen LogP contribution < -0.4 is 10.6 Å². The van der Waals surface area contributed by atoms with E-state index in [-0.39, 0.29) is 40.8 Å². The van der Waals surface area contributed by atoms with Crippen LogP contribution in [0.4, 0.5) is 0 Å². The van der Waals surface area contributed by atoms with Crippen LogP contribution in [0, 0.1) is 0 Å². The molecule has 3 aromatic carbocycles. The first-order valence-corrected chi connectivity index (χ1v) is 14.9. The molecule has 0 bridgehead atoms. The molecule has 3 N–H and O–H groups in total. The number of halogens is 2. The summed E-state index contributed by atoms with van der Waals surface area (Å²) in [6, 6.07) is 18.5. The molecule has 3 aromatic rings. The number of ether oxygens (including phenoxy) is 1. The van der Waals surface area contributed by atoms with Crippen molar-refractivity contribution >= 4 is 52.5 Å². The molecule has 11 heteroatoms. The Hall–Kier alpha value is -4.05. The van der Waals surface area contributed by atoms with Gasteiger partial charge < -0.3 is 20.5 Å². The molecule has 230 valence electrons. The Morgan fingerprint density at radius 2 is 1.70 bits per heavy atom. The Morgan fingerprint density at radius 3 is 2.36 bits per heavy atom. The normalized spacial score (nSPS) is 15.1. The minimum absolute atomic E-state index is 0.00381. The number of aliphatic imine (C=N–C) groups is 1. The van der Waals surface area contributed by atoms with Gasteiger partial charge in [0, 0.05) is 24.1 Å².